The van der Waals surface area contributed by atoms with Gasteiger partial charge in [0.15, 0.2) is 0 Å². The third-order valence-electron chi connectivity index (χ3n) is 2.83. The second kappa shape index (κ2) is 5.95. The number of hydrogen-bond acceptors (Lipinski definition) is 3. The first-order valence-corrected chi connectivity index (χ1v) is 6.83. The van der Waals surface area contributed by atoms with Crippen LogP contribution in [0, 0.1) is 10.1 Å². The van der Waals surface area contributed by atoms with Gasteiger partial charge in [0, 0.05) is 11.4 Å². The predicted molar refractivity (Wildman–Crippen MR) is 77.3 cm³/mol. The maximum atomic E-state index is 11.2. The van der Waals surface area contributed by atoms with E-state index in [4.69, 9.17) is 0 Å². The van der Waals surface area contributed by atoms with Crippen LogP contribution in [0.15, 0.2) is 48.5 Å². The Balaban J connectivity index is 2.54. The summed E-state index contributed by atoms with van der Waals surface area (Å²) in [6.07, 6.45) is -0.747. The second-order valence-corrected chi connectivity index (χ2v) is 4.72. The largest absolute Gasteiger partial charge is 0.388 e. The van der Waals surface area contributed by atoms with E-state index in [0.717, 1.165) is 5.56 Å². The molecule has 0 heterocycles. The fourth-order valence-corrected chi connectivity index (χ4v) is 2.23. The van der Waals surface area contributed by atoms with Crippen LogP contribution < -0.4 is 0 Å². The van der Waals surface area contributed by atoms with E-state index in [-0.39, 0.29) is 5.69 Å². The first-order valence-electron chi connectivity index (χ1n) is 5.71. The molecule has 0 fully saturated rings. The molecule has 19 heavy (non-hydrogen) atoms. The lowest BCUT2D eigenvalue weighted by molar-refractivity contribution is -0.384. The van der Waals surface area contributed by atoms with Crippen molar-refractivity contribution in [1.29, 1.82) is 0 Å². The number of aliphatic hydroxyl groups excluding tert-OH is 1. The summed E-state index contributed by atoms with van der Waals surface area (Å²) in [7, 11) is 0. The van der Waals surface area contributed by atoms with Crippen molar-refractivity contribution in [2.24, 2.45) is 0 Å². The summed E-state index contributed by atoms with van der Waals surface area (Å²) in [4.78, 5) is 10.7. The Bertz CT molecular complexity index is 586. The van der Waals surface area contributed by atoms with Crippen LogP contribution in [0.5, 0.6) is 0 Å². The van der Waals surface area contributed by atoms with Gasteiger partial charge in [-0.15, -0.1) is 0 Å². The van der Waals surface area contributed by atoms with Gasteiger partial charge < -0.3 is 5.11 Å². The molecule has 0 amide bonds. The summed E-state index contributed by atoms with van der Waals surface area (Å²) >= 11 is 3.16. The van der Waals surface area contributed by atoms with Crippen LogP contribution in [0.2, 0.25) is 0 Å². The second-order valence-electron chi connectivity index (χ2n) is 4.07. The van der Waals surface area contributed by atoms with Crippen LogP contribution in [-0.2, 0) is 0 Å². The summed E-state index contributed by atoms with van der Waals surface area (Å²) in [6.45, 7) is 0. The maximum Gasteiger partial charge on any atom is 0.277 e. The Morgan fingerprint density at radius 2 is 1.89 bits per heavy atom. The average molecular weight is 322 g/mol. The van der Waals surface area contributed by atoms with Gasteiger partial charge in [-0.05, 0) is 17.2 Å². The Hall–Kier alpha value is -1.72. The van der Waals surface area contributed by atoms with Crippen molar-refractivity contribution >= 4 is 21.6 Å². The lowest BCUT2D eigenvalue weighted by atomic mass is 10.00. The lowest BCUT2D eigenvalue weighted by Crippen LogP contribution is -2.00. The van der Waals surface area contributed by atoms with Crippen molar-refractivity contribution in [1.82, 2.24) is 0 Å². The summed E-state index contributed by atoms with van der Waals surface area (Å²) in [5, 5.41) is 21.2. The van der Waals surface area contributed by atoms with Gasteiger partial charge in [0.2, 0.25) is 0 Å². The average Bonchev–Trinajstić information content (AvgIpc) is 2.46. The van der Waals surface area contributed by atoms with E-state index in [1.54, 1.807) is 12.1 Å². The van der Waals surface area contributed by atoms with Gasteiger partial charge in [0.25, 0.3) is 5.69 Å². The van der Waals surface area contributed by atoms with Gasteiger partial charge in [0.05, 0.1) is 16.6 Å². The maximum absolute atomic E-state index is 11.2. The molecule has 0 saturated heterocycles. The molecule has 0 aromatic heterocycles. The molecule has 0 aliphatic carbocycles. The van der Waals surface area contributed by atoms with Crippen LogP contribution in [0.3, 0.4) is 0 Å². The summed E-state index contributed by atoms with van der Waals surface area (Å²) in [5.74, 6) is 0. The Labute approximate surface area is 119 Å². The van der Waals surface area contributed by atoms with E-state index in [2.05, 4.69) is 15.9 Å². The lowest BCUT2D eigenvalue weighted by Gasteiger charge is -2.09. The van der Waals surface area contributed by atoms with Gasteiger partial charge in [-0.3, -0.25) is 10.1 Å². The van der Waals surface area contributed by atoms with Crippen molar-refractivity contribution in [3.63, 3.8) is 0 Å². The molecule has 1 N–H and O–H groups in total. The Kier molecular flexibility index (Phi) is 4.29. The number of alkyl halides is 1. The van der Waals surface area contributed by atoms with Crippen molar-refractivity contribution in [3.05, 3.63) is 64.2 Å². The van der Waals surface area contributed by atoms with E-state index >= 15 is 0 Å². The smallest absolute Gasteiger partial charge is 0.277 e. The minimum atomic E-state index is -0.747. The van der Waals surface area contributed by atoms with Crippen molar-refractivity contribution < 1.29 is 10.0 Å². The molecule has 2 aromatic carbocycles. The molecule has 4 nitrogen and oxygen atoms in total. The monoisotopic (exact) mass is 321 g/mol. The van der Waals surface area contributed by atoms with Crippen LogP contribution in [0.1, 0.15) is 11.7 Å². The summed E-state index contributed by atoms with van der Waals surface area (Å²) in [6, 6.07) is 14.0. The zero-order chi connectivity index (χ0) is 13.8. The predicted octanol–water partition coefficient (Wildman–Crippen LogP) is 3.69. The normalized spacial score (nSPS) is 12.1. The molecule has 0 radical (unpaired) electrons. The molecular weight excluding hydrogens is 310 g/mol. The zero-order valence-corrected chi connectivity index (χ0v) is 11.6. The number of rotatable bonds is 4. The van der Waals surface area contributed by atoms with Gasteiger partial charge in [-0.2, -0.15) is 0 Å². The van der Waals surface area contributed by atoms with E-state index in [1.807, 2.05) is 30.3 Å². The molecule has 2 aromatic rings. The van der Waals surface area contributed by atoms with E-state index in [0.29, 0.717) is 16.5 Å². The topological polar surface area (TPSA) is 63.4 Å². The first kappa shape index (κ1) is 13.7. The molecule has 0 saturated carbocycles. The first-order chi connectivity index (χ1) is 9.13. The molecule has 1 atom stereocenters. The fraction of sp³-hybridized carbons (Fsp3) is 0.143. The third-order valence-corrected chi connectivity index (χ3v) is 3.45. The third kappa shape index (κ3) is 3.00. The van der Waals surface area contributed by atoms with Crippen molar-refractivity contribution in [2.75, 3.05) is 5.33 Å². The molecule has 0 aliphatic rings. The number of benzene rings is 2. The van der Waals surface area contributed by atoms with Crippen LogP contribution in [-0.4, -0.2) is 15.4 Å². The zero-order valence-electron chi connectivity index (χ0n) is 9.99. The fourth-order valence-electron chi connectivity index (χ4n) is 1.86. The molecule has 0 unspecified atom stereocenters. The number of nitro benzene ring substituents is 1. The highest BCUT2D eigenvalue weighted by atomic mass is 79.9. The summed E-state index contributed by atoms with van der Waals surface area (Å²) < 4.78 is 0. The molecule has 2 rings (SSSR count). The highest BCUT2D eigenvalue weighted by Crippen LogP contribution is 2.32. The Morgan fingerprint density at radius 3 is 2.47 bits per heavy atom. The number of hydrogen-bond donors (Lipinski definition) is 1. The molecule has 0 bridgehead atoms. The van der Waals surface area contributed by atoms with Crippen molar-refractivity contribution in [3.8, 4) is 11.1 Å². The molecule has 5 heteroatoms. The highest BCUT2D eigenvalue weighted by molar-refractivity contribution is 9.09. The van der Waals surface area contributed by atoms with Crippen LogP contribution >= 0.6 is 15.9 Å². The number of nitro groups is 1. The van der Waals surface area contributed by atoms with Crippen LogP contribution in [0.4, 0.5) is 5.69 Å². The molecular formula is C14H12BrNO3. The molecule has 0 aliphatic heterocycles. The summed E-state index contributed by atoms with van der Waals surface area (Å²) in [5.41, 5.74) is 1.87. The van der Waals surface area contributed by atoms with Gasteiger partial charge >= 0.3 is 0 Å². The number of aliphatic hydroxyl groups is 1. The van der Waals surface area contributed by atoms with E-state index in [9.17, 15) is 15.2 Å². The minimum Gasteiger partial charge on any atom is -0.388 e. The standard InChI is InChI=1S/C14H12BrNO3/c15-9-14(17)11-6-7-12(13(8-11)16(18)19)10-4-2-1-3-5-10/h1-8,14,17H,9H2/t14-/m1/s1. The van der Waals surface area contributed by atoms with Gasteiger partial charge in [-0.25, -0.2) is 0 Å². The highest BCUT2D eigenvalue weighted by Gasteiger charge is 2.18. The number of nitrogens with zero attached hydrogens (tertiary/aromatic N) is 1. The number of halogens is 1. The van der Waals surface area contributed by atoms with Gasteiger partial charge in [0.1, 0.15) is 0 Å². The Morgan fingerprint density at radius 1 is 1.21 bits per heavy atom. The van der Waals surface area contributed by atoms with Crippen molar-refractivity contribution in [2.45, 2.75) is 6.10 Å². The minimum absolute atomic E-state index is 0.00343. The van der Waals surface area contributed by atoms with E-state index < -0.39 is 11.0 Å². The van der Waals surface area contributed by atoms with Crippen LogP contribution in [0.25, 0.3) is 11.1 Å². The molecule has 0 spiro atoms. The van der Waals surface area contributed by atoms with E-state index in [1.165, 1.54) is 6.07 Å². The van der Waals surface area contributed by atoms with Gasteiger partial charge in [-0.1, -0.05) is 52.3 Å². The quantitative estimate of drug-likeness (QED) is 0.530. The molecule has 98 valence electrons. The SMILES string of the molecule is O=[N+]([O-])c1cc([C@H](O)CBr)ccc1-c1ccccc1.